The molecule has 0 aliphatic heterocycles. The predicted molar refractivity (Wildman–Crippen MR) is 98.1 cm³/mol. The van der Waals surface area contributed by atoms with Crippen LogP contribution in [-0.2, 0) is 6.42 Å². The minimum absolute atomic E-state index is 0.740. The minimum Gasteiger partial charge on any atom is -0.143 e. The van der Waals surface area contributed by atoms with Crippen LogP contribution in [0.3, 0.4) is 0 Å². The molecule has 0 atom stereocenters. The summed E-state index contributed by atoms with van der Waals surface area (Å²) in [7, 11) is 0. The van der Waals surface area contributed by atoms with E-state index in [1.807, 2.05) is 0 Å². The van der Waals surface area contributed by atoms with E-state index >= 15 is 0 Å². The second-order valence-electron chi connectivity index (χ2n) is 6.63. The highest BCUT2D eigenvalue weighted by molar-refractivity contribution is 7.80. The summed E-state index contributed by atoms with van der Waals surface area (Å²) in [6.07, 6.45) is 7.70. The van der Waals surface area contributed by atoms with Crippen LogP contribution < -0.4 is 0 Å². The molecule has 0 heterocycles. The van der Waals surface area contributed by atoms with E-state index in [4.69, 9.17) is 0 Å². The van der Waals surface area contributed by atoms with Gasteiger partial charge < -0.3 is 0 Å². The van der Waals surface area contributed by atoms with Crippen LogP contribution in [0.4, 0.5) is 0 Å². The first-order chi connectivity index (χ1) is 10.8. The Bertz CT molecular complexity index is 574. The van der Waals surface area contributed by atoms with Crippen molar-refractivity contribution in [3.63, 3.8) is 0 Å². The van der Waals surface area contributed by atoms with Gasteiger partial charge in [0.1, 0.15) is 0 Å². The Balaban J connectivity index is 1.60. The molecule has 1 aliphatic carbocycles. The molecule has 0 N–H and O–H groups in total. The maximum absolute atomic E-state index is 4.38. The van der Waals surface area contributed by atoms with Gasteiger partial charge in [0.15, 0.2) is 0 Å². The summed E-state index contributed by atoms with van der Waals surface area (Å²) in [5.74, 6) is 1.50. The van der Waals surface area contributed by atoms with E-state index < -0.39 is 0 Å². The highest BCUT2D eigenvalue weighted by Crippen LogP contribution is 2.40. The summed E-state index contributed by atoms with van der Waals surface area (Å²) in [6.45, 7) is 2.25. The first-order valence-electron chi connectivity index (χ1n) is 8.64. The van der Waals surface area contributed by atoms with E-state index in [0.29, 0.717) is 0 Å². The third-order valence-electron chi connectivity index (χ3n) is 5.08. The van der Waals surface area contributed by atoms with Crippen LogP contribution in [0.25, 0.3) is 0 Å². The molecule has 1 saturated carbocycles. The Morgan fingerprint density at radius 1 is 0.773 bits per heavy atom. The normalized spacial score (nSPS) is 21.7. The van der Waals surface area contributed by atoms with Crippen molar-refractivity contribution < 1.29 is 0 Å². The second kappa shape index (κ2) is 7.37. The summed E-state index contributed by atoms with van der Waals surface area (Å²) in [5, 5.41) is 0. The molecule has 22 heavy (non-hydrogen) atoms. The minimum atomic E-state index is 0.740. The molecule has 0 amide bonds. The second-order valence-corrected chi connectivity index (χ2v) is 7.15. The number of benzene rings is 2. The first-order valence-corrected chi connectivity index (χ1v) is 9.08. The number of rotatable bonds is 4. The van der Waals surface area contributed by atoms with E-state index in [-0.39, 0.29) is 0 Å². The van der Waals surface area contributed by atoms with Gasteiger partial charge in [-0.15, -0.1) is 12.6 Å². The van der Waals surface area contributed by atoms with Gasteiger partial charge >= 0.3 is 0 Å². The van der Waals surface area contributed by atoms with Crippen molar-refractivity contribution in [1.82, 2.24) is 0 Å². The molecule has 0 unspecified atom stereocenters. The van der Waals surface area contributed by atoms with Crippen LogP contribution in [-0.4, -0.2) is 0 Å². The van der Waals surface area contributed by atoms with Crippen molar-refractivity contribution in [2.45, 2.75) is 62.2 Å². The Kier molecular flexibility index (Phi) is 5.25. The highest BCUT2D eigenvalue weighted by Gasteiger charge is 2.23. The fourth-order valence-electron chi connectivity index (χ4n) is 3.75. The molecule has 0 radical (unpaired) electrons. The fourth-order valence-corrected chi connectivity index (χ4v) is 3.90. The fraction of sp³-hybridized carbons (Fsp3) is 0.429. The lowest BCUT2D eigenvalue weighted by atomic mass is 9.76. The summed E-state index contributed by atoms with van der Waals surface area (Å²) >= 11 is 4.38. The van der Waals surface area contributed by atoms with Gasteiger partial charge in [0, 0.05) is 4.90 Å². The summed E-state index contributed by atoms with van der Waals surface area (Å²) in [6, 6.07) is 18.2. The zero-order valence-corrected chi connectivity index (χ0v) is 14.4. The zero-order valence-electron chi connectivity index (χ0n) is 13.5. The van der Waals surface area contributed by atoms with Crippen LogP contribution in [0.15, 0.2) is 53.4 Å². The van der Waals surface area contributed by atoms with Crippen molar-refractivity contribution in [3.05, 3.63) is 65.2 Å². The van der Waals surface area contributed by atoms with Crippen molar-refractivity contribution in [2.75, 3.05) is 0 Å². The van der Waals surface area contributed by atoms with E-state index in [9.17, 15) is 0 Å². The monoisotopic (exact) mass is 310 g/mol. The molecule has 0 bridgehead atoms. The molecule has 1 aliphatic rings. The molecule has 0 nitrogen and oxygen atoms in total. The van der Waals surface area contributed by atoms with E-state index in [2.05, 4.69) is 68.1 Å². The van der Waals surface area contributed by atoms with Crippen LogP contribution in [0.1, 0.15) is 67.6 Å². The molecule has 1 fully saturated rings. The number of hydrogen-bond donors (Lipinski definition) is 1. The van der Waals surface area contributed by atoms with Crippen molar-refractivity contribution in [1.29, 1.82) is 0 Å². The van der Waals surface area contributed by atoms with Gasteiger partial charge in [-0.25, -0.2) is 0 Å². The lowest BCUT2D eigenvalue weighted by Gasteiger charge is -2.29. The van der Waals surface area contributed by atoms with E-state index in [1.165, 1.54) is 49.7 Å². The Morgan fingerprint density at radius 2 is 1.23 bits per heavy atom. The quantitative estimate of drug-likeness (QED) is 0.623. The standard InChI is InChI=1S/C21H26S/c1-2-3-16-4-6-17(7-5-16)18-8-10-19(11-9-18)20-12-14-21(22)15-13-20/h4-7,12-15,18-19,22H,2-3,8-11H2,1H3. The van der Waals surface area contributed by atoms with Crippen molar-refractivity contribution in [2.24, 2.45) is 0 Å². The van der Waals surface area contributed by atoms with Crippen LogP contribution in [0.5, 0.6) is 0 Å². The summed E-state index contributed by atoms with van der Waals surface area (Å²) in [5.41, 5.74) is 4.52. The zero-order chi connectivity index (χ0) is 15.4. The lowest BCUT2D eigenvalue weighted by molar-refractivity contribution is 0.396. The average molecular weight is 311 g/mol. The Hall–Kier alpha value is -1.21. The maximum Gasteiger partial charge on any atom is 0.00401 e. The lowest BCUT2D eigenvalue weighted by Crippen LogP contribution is -2.12. The van der Waals surface area contributed by atoms with Crippen LogP contribution in [0, 0.1) is 0 Å². The first kappa shape index (κ1) is 15.7. The predicted octanol–water partition coefficient (Wildman–Crippen LogP) is 6.37. The van der Waals surface area contributed by atoms with E-state index in [1.54, 1.807) is 5.56 Å². The third-order valence-corrected chi connectivity index (χ3v) is 5.38. The van der Waals surface area contributed by atoms with Gasteiger partial charge in [-0.2, -0.15) is 0 Å². The van der Waals surface area contributed by atoms with Gasteiger partial charge in [0.2, 0.25) is 0 Å². The van der Waals surface area contributed by atoms with Crippen molar-refractivity contribution in [3.8, 4) is 0 Å². The van der Waals surface area contributed by atoms with Gasteiger partial charge in [0.05, 0.1) is 0 Å². The Morgan fingerprint density at radius 3 is 1.68 bits per heavy atom. The van der Waals surface area contributed by atoms with Crippen LogP contribution in [0.2, 0.25) is 0 Å². The Labute approximate surface area is 140 Å². The van der Waals surface area contributed by atoms with Crippen LogP contribution >= 0.6 is 12.6 Å². The van der Waals surface area contributed by atoms with Crippen molar-refractivity contribution >= 4 is 12.6 Å². The molecule has 2 aromatic carbocycles. The molecule has 1 heteroatoms. The molecular formula is C21H26S. The smallest absolute Gasteiger partial charge is 0.00401 e. The highest BCUT2D eigenvalue weighted by atomic mass is 32.1. The maximum atomic E-state index is 4.38. The molecular weight excluding hydrogens is 284 g/mol. The number of hydrogen-bond acceptors (Lipinski definition) is 1. The largest absolute Gasteiger partial charge is 0.143 e. The molecule has 116 valence electrons. The SMILES string of the molecule is CCCc1ccc(C2CCC(c3ccc(S)cc3)CC2)cc1. The summed E-state index contributed by atoms with van der Waals surface area (Å²) < 4.78 is 0. The molecule has 0 spiro atoms. The third kappa shape index (κ3) is 3.76. The molecule has 3 rings (SSSR count). The molecule has 0 aromatic heterocycles. The van der Waals surface area contributed by atoms with Gasteiger partial charge in [0.25, 0.3) is 0 Å². The summed E-state index contributed by atoms with van der Waals surface area (Å²) in [4.78, 5) is 1.06. The molecule has 2 aromatic rings. The van der Waals surface area contributed by atoms with Gasteiger partial charge in [-0.1, -0.05) is 49.7 Å². The number of thiol groups is 1. The van der Waals surface area contributed by atoms with Gasteiger partial charge in [-0.05, 0) is 72.8 Å². The topological polar surface area (TPSA) is 0 Å². The average Bonchev–Trinajstić information content (AvgIpc) is 2.57. The van der Waals surface area contributed by atoms with Gasteiger partial charge in [-0.3, -0.25) is 0 Å². The van der Waals surface area contributed by atoms with E-state index in [0.717, 1.165) is 16.7 Å². The number of aryl methyl sites for hydroxylation is 1. The molecule has 0 saturated heterocycles.